The quantitative estimate of drug-likeness (QED) is 0.652. The third-order valence-electron chi connectivity index (χ3n) is 6.27. The number of hydrogen-bond donors (Lipinski definition) is 1. The average Bonchev–Trinajstić information content (AvgIpc) is 3.16. The monoisotopic (exact) mass is 455 g/mol. The molecule has 3 heterocycles. The summed E-state index contributed by atoms with van der Waals surface area (Å²) in [4.78, 5) is 38.9. The van der Waals surface area contributed by atoms with Gasteiger partial charge in [0, 0.05) is 43.9 Å². The Kier molecular flexibility index (Phi) is 5.82. The molecule has 2 atom stereocenters. The van der Waals surface area contributed by atoms with Crippen molar-refractivity contribution in [3.63, 3.8) is 0 Å². The van der Waals surface area contributed by atoms with Crippen molar-refractivity contribution in [2.75, 3.05) is 6.54 Å². The van der Waals surface area contributed by atoms with Crippen molar-refractivity contribution in [3.8, 4) is 0 Å². The van der Waals surface area contributed by atoms with Gasteiger partial charge < -0.3 is 4.90 Å². The van der Waals surface area contributed by atoms with E-state index in [1.165, 1.54) is 4.90 Å². The first-order valence-electron chi connectivity index (χ1n) is 10.3. The van der Waals surface area contributed by atoms with E-state index in [9.17, 15) is 31.6 Å². The Balaban J connectivity index is 1.36. The number of likely N-dealkylation sites (tertiary alicyclic amines) is 1. The first-order chi connectivity index (χ1) is 14.7. The number of imide groups is 1. The number of fused-ring (bicyclic) bond motifs is 2. The molecule has 8 nitrogen and oxygen atoms in total. The van der Waals surface area contributed by atoms with Crippen LogP contribution in [-0.4, -0.2) is 60.6 Å². The van der Waals surface area contributed by atoms with Crippen molar-refractivity contribution in [1.29, 1.82) is 0 Å². The second-order valence-corrected chi connectivity index (χ2v) is 9.87. The zero-order valence-electron chi connectivity index (χ0n) is 16.7. The maximum atomic E-state index is 13.8. The molecule has 2 bridgehead atoms. The van der Waals surface area contributed by atoms with Crippen LogP contribution in [0.15, 0.2) is 23.1 Å². The smallest absolute Gasteiger partial charge is 0.246 e. The normalized spacial score (nSPS) is 26.1. The van der Waals surface area contributed by atoms with Crippen LogP contribution in [0, 0.1) is 11.6 Å². The molecule has 0 spiro atoms. The first-order valence-corrected chi connectivity index (χ1v) is 11.8. The van der Waals surface area contributed by atoms with Crippen LogP contribution >= 0.6 is 0 Å². The first kappa shape index (κ1) is 21.8. The molecule has 3 aliphatic rings. The van der Waals surface area contributed by atoms with Crippen LogP contribution in [0.5, 0.6) is 0 Å². The number of nitrogens with one attached hydrogen (secondary N) is 1. The Bertz CT molecular complexity index is 981. The minimum Gasteiger partial charge on any atom is -0.337 e. The number of carbonyl (C=O) groups is 3. The van der Waals surface area contributed by atoms with Gasteiger partial charge in [0.25, 0.3) is 0 Å². The number of amides is 3. The molecule has 3 aliphatic heterocycles. The average molecular weight is 455 g/mol. The summed E-state index contributed by atoms with van der Waals surface area (Å²) in [5.74, 6) is -3.00. The third kappa shape index (κ3) is 4.08. The summed E-state index contributed by atoms with van der Waals surface area (Å²) in [6.45, 7) is -0.294. The number of carbonyl (C=O) groups excluding carboxylic acids is 3. The Hall–Kier alpha value is -2.40. The van der Waals surface area contributed by atoms with Gasteiger partial charge in [0.15, 0.2) is 4.90 Å². The number of sulfonamides is 1. The molecule has 3 amide bonds. The highest BCUT2D eigenvalue weighted by Crippen LogP contribution is 2.39. The third-order valence-corrected chi connectivity index (χ3v) is 7.78. The van der Waals surface area contributed by atoms with Crippen molar-refractivity contribution in [1.82, 2.24) is 14.5 Å². The number of nitrogens with zero attached hydrogens (tertiary/aromatic N) is 2. The largest absolute Gasteiger partial charge is 0.337 e. The molecule has 2 unspecified atom stereocenters. The zero-order valence-corrected chi connectivity index (χ0v) is 17.5. The van der Waals surface area contributed by atoms with Crippen LogP contribution < -0.4 is 4.72 Å². The van der Waals surface area contributed by atoms with E-state index in [2.05, 4.69) is 4.72 Å². The zero-order chi connectivity index (χ0) is 22.3. The summed E-state index contributed by atoms with van der Waals surface area (Å²) in [7, 11) is -4.44. The fraction of sp³-hybridized carbons (Fsp3) is 0.550. The van der Waals surface area contributed by atoms with Gasteiger partial charge in [-0.15, -0.1) is 0 Å². The van der Waals surface area contributed by atoms with Crippen LogP contribution in [0.4, 0.5) is 8.78 Å². The lowest BCUT2D eigenvalue weighted by Crippen LogP contribution is -2.54. The molecule has 1 N–H and O–H groups in total. The summed E-state index contributed by atoms with van der Waals surface area (Å²) in [6.07, 6.45) is 2.86. The van der Waals surface area contributed by atoms with Crippen LogP contribution in [0.2, 0.25) is 0 Å². The minimum atomic E-state index is -4.44. The van der Waals surface area contributed by atoms with Crippen LogP contribution in [0.3, 0.4) is 0 Å². The van der Waals surface area contributed by atoms with Gasteiger partial charge in [-0.05, 0) is 37.8 Å². The summed E-state index contributed by atoms with van der Waals surface area (Å²) in [5.41, 5.74) is 0. The van der Waals surface area contributed by atoms with E-state index in [0.717, 1.165) is 31.0 Å². The van der Waals surface area contributed by atoms with Gasteiger partial charge in [0.2, 0.25) is 27.7 Å². The topological polar surface area (TPSA) is 104 Å². The van der Waals surface area contributed by atoms with Crippen molar-refractivity contribution >= 4 is 27.7 Å². The molecule has 4 rings (SSSR count). The van der Waals surface area contributed by atoms with Crippen molar-refractivity contribution < 1.29 is 31.6 Å². The van der Waals surface area contributed by atoms with Crippen molar-refractivity contribution in [2.24, 2.45) is 0 Å². The van der Waals surface area contributed by atoms with Gasteiger partial charge in [0.1, 0.15) is 11.6 Å². The fourth-order valence-electron chi connectivity index (χ4n) is 5.00. The summed E-state index contributed by atoms with van der Waals surface area (Å²) in [6, 6.07) is 2.33. The van der Waals surface area contributed by atoms with Crippen LogP contribution in [0.25, 0.3) is 0 Å². The lowest BCUT2D eigenvalue weighted by molar-refractivity contribution is -0.144. The minimum absolute atomic E-state index is 0.113. The number of halogens is 2. The fourth-order valence-corrected chi connectivity index (χ4v) is 6.16. The summed E-state index contributed by atoms with van der Waals surface area (Å²) >= 11 is 0. The summed E-state index contributed by atoms with van der Waals surface area (Å²) < 4.78 is 54.1. The van der Waals surface area contributed by atoms with E-state index in [1.807, 2.05) is 0 Å². The molecule has 1 aromatic rings. The highest BCUT2D eigenvalue weighted by atomic mass is 32.2. The van der Waals surface area contributed by atoms with Gasteiger partial charge in [-0.25, -0.2) is 21.9 Å². The van der Waals surface area contributed by atoms with Crippen molar-refractivity contribution in [3.05, 3.63) is 29.8 Å². The molecule has 1 aromatic carbocycles. The molecule has 11 heteroatoms. The Labute approximate surface area is 178 Å². The van der Waals surface area contributed by atoms with Gasteiger partial charge >= 0.3 is 0 Å². The number of rotatable bonds is 6. The Morgan fingerprint density at radius 1 is 1.00 bits per heavy atom. The van der Waals surface area contributed by atoms with Gasteiger partial charge in [-0.2, -0.15) is 0 Å². The number of piperidine rings is 1. The molecule has 3 fully saturated rings. The van der Waals surface area contributed by atoms with Crippen molar-refractivity contribution in [2.45, 2.75) is 68.0 Å². The van der Waals surface area contributed by atoms with E-state index in [-0.39, 0.29) is 61.7 Å². The molecule has 168 valence electrons. The SMILES string of the molecule is O=C1CCC(=O)N1C1CC2CCC(C1)N2C(=O)CCNS(=O)(=O)c1c(F)cccc1F. The molecular weight excluding hydrogens is 432 g/mol. The number of hydrogen-bond acceptors (Lipinski definition) is 5. The van der Waals surface area contributed by atoms with E-state index >= 15 is 0 Å². The molecular formula is C20H23F2N3O5S. The second-order valence-electron chi connectivity index (χ2n) is 8.17. The van der Waals surface area contributed by atoms with Crippen LogP contribution in [-0.2, 0) is 24.4 Å². The molecule has 0 saturated carbocycles. The van der Waals surface area contributed by atoms with E-state index in [0.29, 0.717) is 12.8 Å². The Morgan fingerprint density at radius 3 is 2.10 bits per heavy atom. The molecule has 0 radical (unpaired) electrons. The molecule has 0 aromatic heterocycles. The highest BCUT2D eigenvalue weighted by Gasteiger charge is 2.47. The lowest BCUT2D eigenvalue weighted by Gasteiger charge is -2.41. The van der Waals surface area contributed by atoms with Gasteiger partial charge in [-0.3, -0.25) is 19.3 Å². The number of benzene rings is 1. The predicted molar refractivity (Wildman–Crippen MR) is 104 cm³/mol. The van der Waals surface area contributed by atoms with E-state index < -0.39 is 26.6 Å². The maximum absolute atomic E-state index is 13.8. The van der Waals surface area contributed by atoms with Gasteiger partial charge in [0.05, 0.1) is 0 Å². The van der Waals surface area contributed by atoms with E-state index in [4.69, 9.17) is 0 Å². The van der Waals surface area contributed by atoms with E-state index in [1.54, 1.807) is 4.90 Å². The second kappa shape index (κ2) is 8.27. The Morgan fingerprint density at radius 2 is 1.55 bits per heavy atom. The van der Waals surface area contributed by atoms with Crippen LogP contribution in [0.1, 0.15) is 44.9 Å². The lowest BCUT2D eigenvalue weighted by atomic mass is 9.95. The molecule has 3 saturated heterocycles. The maximum Gasteiger partial charge on any atom is 0.246 e. The summed E-state index contributed by atoms with van der Waals surface area (Å²) in [5, 5.41) is 0. The molecule has 0 aliphatic carbocycles. The van der Waals surface area contributed by atoms with Gasteiger partial charge in [-0.1, -0.05) is 6.07 Å². The highest BCUT2D eigenvalue weighted by molar-refractivity contribution is 7.89. The predicted octanol–water partition coefficient (Wildman–Crippen LogP) is 1.30. The molecule has 31 heavy (non-hydrogen) atoms. The standard InChI is InChI=1S/C20H23F2N3O5S/c21-15-2-1-3-16(22)20(15)31(29,30)23-9-8-19(28)24-12-4-5-13(24)11-14(10-12)25-17(26)6-7-18(25)27/h1-3,12-14,23H,4-11H2.